The van der Waals surface area contributed by atoms with Gasteiger partial charge in [-0.2, -0.15) is 18.3 Å². The molecule has 33 heavy (non-hydrogen) atoms. The number of nitrogens with one attached hydrogen (secondary N) is 1. The van der Waals surface area contributed by atoms with Crippen LogP contribution in [0.15, 0.2) is 47.6 Å². The van der Waals surface area contributed by atoms with Crippen molar-refractivity contribution in [1.82, 2.24) is 0 Å². The van der Waals surface area contributed by atoms with Crippen LogP contribution in [-0.4, -0.2) is 24.3 Å². The minimum Gasteiger partial charge on any atom is -0.386 e. The van der Waals surface area contributed by atoms with Gasteiger partial charge in [-0.3, -0.25) is 4.79 Å². The summed E-state index contributed by atoms with van der Waals surface area (Å²) in [6, 6.07) is 11.0. The van der Waals surface area contributed by atoms with Crippen LogP contribution in [-0.2, 0) is 17.4 Å². The van der Waals surface area contributed by atoms with Crippen molar-refractivity contribution in [2.45, 2.75) is 57.7 Å². The zero-order valence-electron chi connectivity index (χ0n) is 18.8. The molecule has 1 atom stereocenters. The maximum Gasteiger partial charge on any atom is 0.418 e. The number of hydrazone groups is 1. The lowest BCUT2D eigenvalue weighted by molar-refractivity contribution is -0.137. The van der Waals surface area contributed by atoms with Gasteiger partial charge >= 0.3 is 6.18 Å². The highest BCUT2D eigenvalue weighted by molar-refractivity contribution is 5.99. The van der Waals surface area contributed by atoms with E-state index in [2.05, 4.69) is 10.4 Å². The number of hydrogen-bond donors (Lipinski definition) is 3. The van der Waals surface area contributed by atoms with Crippen LogP contribution >= 0.6 is 0 Å². The van der Waals surface area contributed by atoms with E-state index in [1.165, 1.54) is 12.1 Å². The molecule has 0 aromatic heterocycles. The third-order valence-electron chi connectivity index (χ3n) is 5.87. The van der Waals surface area contributed by atoms with Crippen molar-refractivity contribution in [3.63, 3.8) is 0 Å². The summed E-state index contributed by atoms with van der Waals surface area (Å²) in [5, 5.41) is 6.32. The SMILES string of the molecule is CC(C)c1ccc(NC2CCCN(c3ccc(CC/C(N)=N/N)cc3)C2=O)c(C(F)(F)F)c1. The van der Waals surface area contributed by atoms with E-state index in [1.807, 2.05) is 38.1 Å². The summed E-state index contributed by atoms with van der Waals surface area (Å²) < 4.78 is 41.1. The van der Waals surface area contributed by atoms with Crippen molar-refractivity contribution in [3.05, 3.63) is 59.2 Å². The van der Waals surface area contributed by atoms with Gasteiger partial charge in [-0.05, 0) is 60.6 Å². The number of halogens is 3. The number of rotatable bonds is 7. The third-order valence-corrected chi connectivity index (χ3v) is 5.87. The summed E-state index contributed by atoms with van der Waals surface area (Å²) in [7, 11) is 0. The average molecular weight is 462 g/mol. The zero-order valence-corrected chi connectivity index (χ0v) is 18.8. The minimum absolute atomic E-state index is 0.0334. The second kappa shape index (κ2) is 10.1. The van der Waals surface area contributed by atoms with Crippen molar-refractivity contribution in [3.8, 4) is 0 Å². The van der Waals surface area contributed by atoms with Crippen molar-refractivity contribution in [2.75, 3.05) is 16.8 Å². The molecule has 1 heterocycles. The Hall–Kier alpha value is -3.23. The Labute approximate surface area is 191 Å². The van der Waals surface area contributed by atoms with Gasteiger partial charge in [-0.25, -0.2) is 0 Å². The molecule has 178 valence electrons. The summed E-state index contributed by atoms with van der Waals surface area (Å²) in [6.45, 7) is 4.20. The summed E-state index contributed by atoms with van der Waals surface area (Å²) in [6.07, 6.45) is -2.17. The fourth-order valence-electron chi connectivity index (χ4n) is 3.91. The predicted octanol–water partition coefficient (Wildman–Crippen LogP) is 4.60. The Kier molecular flexibility index (Phi) is 7.50. The van der Waals surface area contributed by atoms with Gasteiger partial charge in [0.1, 0.15) is 11.9 Å². The summed E-state index contributed by atoms with van der Waals surface area (Å²) in [5.74, 6) is 5.23. The number of hydrogen-bond acceptors (Lipinski definition) is 4. The van der Waals surface area contributed by atoms with Crippen molar-refractivity contribution in [1.29, 1.82) is 0 Å². The van der Waals surface area contributed by atoms with E-state index in [9.17, 15) is 18.0 Å². The Morgan fingerprint density at radius 1 is 1.21 bits per heavy atom. The van der Waals surface area contributed by atoms with E-state index in [0.717, 1.165) is 5.56 Å². The number of carbonyl (C=O) groups is 1. The standard InChI is InChI=1S/C24H30F3N5O/c1-15(2)17-8-11-20(19(14-17)24(25,26)27)30-21-4-3-13-32(23(21)33)18-9-5-16(6-10-18)7-12-22(28)31-29/h5-6,8-11,14-15,21,30H,3-4,7,12-13,29H2,1-2H3,(H2,28,31). The first-order valence-corrected chi connectivity index (χ1v) is 11.0. The number of amidine groups is 1. The molecule has 0 spiro atoms. The van der Waals surface area contributed by atoms with Crippen molar-refractivity contribution < 1.29 is 18.0 Å². The quantitative estimate of drug-likeness (QED) is 0.243. The smallest absolute Gasteiger partial charge is 0.386 e. The van der Waals surface area contributed by atoms with Crippen LogP contribution in [0.25, 0.3) is 0 Å². The number of nitrogens with zero attached hydrogens (tertiary/aromatic N) is 2. The highest BCUT2D eigenvalue weighted by atomic mass is 19.4. The molecule has 3 rings (SSSR count). The van der Waals surface area contributed by atoms with Gasteiger partial charge in [0.05, 0.1) is 5.56 Å². The molecule has 1 amide bonds. The number of anilines is 2. The lowest BCUT2D eigenvalue weighted by Crippen LogP contribution is -2.48. The first-order valence-electron chi connectivity index (χ1n) is 11.0. The Morgan fingerprint density at radius 2 is 1.91 bits per heavy atom. The zero-order chi connectivity index (χ0) is 24.2. The third kappa shape index (κ3) is 5.97. The van der Waals surface area contributed by atoms with Crippen LogP contribution in [0.2, 0.25) is 0 Å². The topological polar surface area (TPSA) is 96.7 Å². The fourth-order valence-corrected chi connectivity index (χ4v) is 3.91. The van der Waals surface area contributed by atoms with Crippen LogP contribution in [0.4, 0.5) is 24.5 Å². The molecule has 2 aromatic carbocycles. The van der Waals surface area contributed by atoms with Crippen molar-refractivity contribution >= 4 is 23.1 Å². The second-order valence-electron chi connectivity index (χ2n) is 8.57. The van der Waals surface area contributed by atoms with Crippen LogP contribution in [0, 0.1) is 0 Å². The Balaban J connectivity index is 1.76. The molecule has 5 N–H and O–H groups in total. The molecule has 1 saturated heterocycles. The number of benzene rings is 2. The van der Waals surface area contributed by atoms with Gasteiger partial charge < -0.3 is 21.8 Å². The molecule has 1 aliphatic rings. The first kappa shape index (κ1) is 24.4. The molecule has 0 radical (unpaired) electrons. The van der Waals surface area contributed by atoms with E-state index in [4.69, 9.17) is 11.6 Å². The van der Waals surface area contributed by atoms with E-state index in [-0.39, 0.29) is 17.5 Å². The monoisotopic (exact) mass is 461 g/mol. The molecule has 2 aromatic rings. The normalized spacial score (nSPS) is 17.5. The van der Waals surface area contributed by atoms with Crippen LogP contribution < -0.4 is 21.8 Å². The molecule has 0 bridgehead atoms. The largest absolute Gasteiger partial charge is 0.418 e. The Morgan fingerprint density at radius 3 is 2.52 bits per heavy atom. The van der Waals surface area contributed by atoms with Gasteiger partial charge in [-0.1, -0.05) is 32.0 Å². The van der Waals surface area contributed by atoms with Gasteiger partial charge in [0.2, 0.25) is 5.91 Å². The molecule has 9 heteroatoms. The van der Waals surface area contributed by atoms with E-state index in [0.29, 0.717) is 49.3 Å². The maximum absolute atomic E-state index is 13.7. The van der Waals surface area contributed by atoms with Gasteiger partial charge in [-0.15, -0.1) is 0 Å². The number of nitrogens with two attached hydrogens (primary N) is 2. The summed E-state index contributed by atoms with van der Waals surface area (Å²) in [5.41, 5.74) is 7.13. The maximum atomic E-state index is 13.7. The van der Waals surface area contributed by atoms with E-state index in [1.54, 1.807) is 11.0 Å². The Bertz CT molecular complexity index is 1000. The number of aryl methyl sites for hydroxylation is 1. The molecular weight excluding hydrogens is 431 g/mol. The number of piperidine rings is 1. The second-order valence-corrected chi connectivity index (χ2v) is 8.57. The average Bonchev–Trinajstić information content (AvgIpc) is 2.78. The van der Waals surface area contributed by atoms with Gasteiger partial charge in [0, 0.05) is 24.3 Å². The van der Waals surface area contributed by atoms with E-state index >= 15 is 0 Å². The number of alkyl halides is 3. The van der Waals surface area contributed by atoms with Gasteiger partial charge in [0.15, 0.2) is 0 Å². The van der Waals surface area contributed by atoms with E-state index < -0.39 is 17.8 Å². The lowest BCUT2D eigenvalue weighted by atomic mass is 9.98. The predicted molar refractivity (Wildman–Crippen MR) is 125 cm³/mol. The van der Waals surface area contributed by atoms with Gasteiger partial charge in [0.25, 0.3) is 0 Å². The van der Waals surface area contributed by atoms with Crippen LogP contribution in [0.3, 0.4) is 0 Å². The fraction of sp³-hybridized carbons (Fsp3) is 0.417. The molecule has 1 aliphatic heterocycles. The molecule has 0 saturated carbocycles. The minimum atomic E-state index is -4.52. The lowest BCUT2D eigenvalue weighted by Gasteiger charge is -2.34. The van der Waals surface area contributed by atoms with Crippen molar-refractivity contribution in [2.24, 2.45) is 16.7 Å². The molecule has 1 unspecified atom stereocenters. The molecule has 1 fully saturated rings. The highest BCUT2D eigenvalue weighted by Gasteiger charge is 2.36. The first-order chi connectivity index (χ1) is 15.6. The number of carbonyl (C=O) groups excluding carboxylic acids is 1. The van der Waals surface area contributed by atoms with Crippen LogP contribution in [0.1, 0.15) is 55.7 Å². The number of amides is 1. The molecule has 6 nitrogen and oxygen atoms in total. The molecule has 0 aliphatic carbocycles. The summed E-state index contributed by atoms with van der Waals surface area (Å²) >= 11 is 0. The highest BCUT2D eigenvalue weighted by Crippen LogP contribution is 2.37. The molecular formula is C24H30F3N5O. The summed E-state index contributed by atoms with van der Waals surface area (Å²) in [4.78, 5) is 14.8. The van der Waals surface area contributed by atoms with Crippen LogP contribution in [0.5, 0.6) is 0 Å².